The molecule has 3 nitrogen and oxygen atoms in total. The van der Waals surface area contributed by atoms with Crippen LogP contribution in [0.25, 0.3) is 17.0 Å². The number of carbonyl (C=O) groups is 1. The van der Waals surface area contributed by atoms with Crippen molar-refractivity contribution in [3.8, 4) is 0 Å². The Labute approximate surface area is 116 Å². The average Bonchev–Trinajstić information content (AvgIpc) is 2.88. The highest BCUT2D eigenvalue weighted by Gasteiger charge is 2.02. The highest BCUT2D eigenvalue weighted by molar-refractivity contribution is 6.02. The van der Waals surface area contributed by atoms with E-state index in [1.165, 1.54) is 6.08 Å². The molecule has 0 unspecified atom stereocenters. The summed E-state index contributed by atoms with van der Waals surface area (Å²) in [6.45, 7) is 0. The largest absolute Gasteiger partial charge is 0.341 e. The average molecular weight is 262 g/mol. The molecule has 0 spiro atoms. The Morgan fingerprint density at radius 2 is 1.75 bits per heavy atom. The third kappa shape index (κ3) is 2.78. The smallest absolute Gasteiger partial charge is 0.249 e. The quantitative estimate of drug-likeness (QED) is 0.692. The lowest BCUT2D eigenvalue weighted by molar-refractivity contribution is -0.111. The van der Waals surface area contributed by atoms with Crippen LogP contribution in [0.15, 0.2) is 66.7 Å². The van der Waals surface area contributed by atoms with Gasteiger partial charge in [-0.3, -0.25) is 4.79 Å². The predicted octanol–water partition coefficient (Wildman–Crippen LogP) is 3.82. The molecule has 1 aromatic heterocycles. The van der Waals surface area contributed by atoms with E-state index in [2.05, 4.69) is 10.3 Å². The minimum absolute atomic E-state index is 0.152. The van der Waals surface area contributed by atoms with Gasteiger partial charge in [-0.2, -0.15) is 0 Å². The molecular weight excluding hydrogens is 248 g/mol. The van der Waals surface area contributed by atoms with Gasteiger partial charge in [0, 0.05) is 17.0 Å². The number of benzene rings is 2. The molecular formula is C17H14N2O. The van der Waals surface area contributed by atoms with Crippen LogP contribution in [0.5, 0.6) is 0 Å². The third-order valence-electron chi connectivity index (χ3n) is 3.01. The number of nitrogens with one attached hydrogen (secondary N) is 2. The van der Waals surface area contributed by atoms with Crippen molar-refractivity contribution in [2.75, 3.05) is 5.32 Å². The Morgan fingerprint density at radius 1 is 1.00 bits per heavy atom. The number of H-pyrrole nitrogens is 1. The lowest BCUT2D eigenvalue weighted by Crippen LogP contribution is -2.07. The summed E-state index contributed by atoms with van der Waals surface area (Å²) in [5, 5.41) is 3.90. The summed E-state index contributed by atoms with van der Waals surface area (Å²) in [6, 6.07) is 19.6. The number of para-hydroxylation sites is 1. The van der Waals surface area contributed by atoms with Gasteiger partial charge in [-0.25, -0.2) is 0 Å². The molecule has 0 aliphatic heterocycles. The topological polar surface area (TPSA) is 44.9 Å². The van der Waals surface area contributed by atoms with Crippen LogP contribution in [0.2, 0.25) is 0 Å². The van der Waals surface area contributed by atoms with Crippen LogP contribution in [0.4, 0.5) is 5.82 Å². The van der Waals surface area contributed by atoms with Gasteiger partial charge in [0.05, 0.1) is 0 Å². The first-order valence-corrected chi connectivity index (χ1v) is 6.43. The molecule has 0 atom stereocenters. The number of aromatic amines is 1. The summed E-state index contributed by atoms with van der Waals surface area (Å²) in [5.74, 6) is 0.550. The van der Waals surface area contributed by atoms with Crippen LogP contribution in [-0.4, -0.2) is 10.9 Å². The van der Waals surface area contributed by atoms with E-state index in [9.17, 15) is 4.79 Å². The zero-order valence-corrected chi connectivity index (χ0v) is 10.8. The highest BCUT2D eigenvalue weighted by Crippen LogP contribution is 2.17. The molecule has 0 fully saturated rings. The third-order valence-corrected chi connectivity index (χ3v) is 3.01. The van der Waals surface area contributed by atoms with Crippen molar-refractivity contribution >= 4 is 28.7 Å². The normalized spacial score (nSPS) is 11.0. The Morgan fingerprint density at radius 3 is 2.55 bits per heavy atom. The minimum Gasteiger partial charge on any atom is -0.341 e. The number of hydrogen-bond acceptors (Lipinski definition) is 1. The van der Waals surface area contributed by atoms with E-state index >= 15 is 0 Å². The molecule has 20 heavy (non-hydrogen) atoms. The van der Waals surface area contributed by atoms with Gasteiger partial charge in [0.2, 0.25) is 5.91 Å². The fraction of sp³-hybridized carbons (Fsp3) is 0. The monoisotopic (exact) mass is 262 g/mol. The van der Waals surface area contributed by atoms with Crippen LogP contribution in [0.1, 0.15) is 5.56 Å². The van der Waals surface area contributed by atoms with Crippen LogP contribution in [-0.2, 0) is 4.79 Å². The van der Waals surface area contributed by atoms with E-state index in [4.69, 9.17) is 0 Å². The number of fused-ring (bicyclic) bond motifs is 1. The number of rotatable bonds is 3. The molecule has 2 N–H and O–H groups in total. The Kier molecular flexibility index (Phi) is 3.33. The van der Waals surface area contributed by atoms with E-state index in [1.807, 2.05) is 60.7 Å². The standard InChI is InChI=1S/C17H14N2O/c20-17(11-10-13-6-2-1-3-7-13)19-16-12-14-8-4-5-9-15(14)18-16/h1-12,18H,(H,19,20). The molecule has 1 amide bonds. The predicted molar refractivity (Wildman–Crippen MR) is 82.4 cm³/mol. The number of carbonyl (C=O) groups excluding carboxylic acids is 1. The summed E-state index contributed by atoms with van der Waals surface area (Å²) in [4.78, 5) is 15.0. The molecule has 0 aliphatic rings. The molecule has 3 aromatic rings. The maximum atomic E-state index is 11.8. The van der Waals surface area contributed by atoms with Gasteiger partial charge in [0.25, 0.3) is 0 Å². The van der Waals surface area contributed by atoms with Crippen molar-refractivity contribution in [1.29, 1.82) is 0 Å². The highest BCUT2D eigenvalue weighted by atomic mass is 16.1. The minimum atomic E-state index is -0.152. The van der Waals surface area contributed by atoms with Gasteiger partial charge >= 0.3 is 0 Å². The van der Waals surface area contributed by atoms with Crippen molar-refractivity contribution < 1.29 is 4.79 Å². The van der Waals surface area contributed by atoms with Crippen molar-refractivity contribution in [3.63, 3.8) is 0 Å². The number of anilines is 1. The molecule has 0 aliphatic carbocycles. The van der Waals surface area contributed by atoms with E-state index in [0.717, 1.165) is 16.5 Å². The zero-order valence-electron chi connectivity index (χ0n) is 10.8. The molecule has 0 saturated heterocycles. The second-order valence-corrected chi connectivity index (χ2v) is 4.50. The summed E-state index contributed by atoms with van der Waals surface area (Å²) in [5.41, 5.74) is 2.01. The molecule has 3 rings (SSSR count). The van der Waals surface area contributed by atoms with E-state index < -0.39 is 0 Å². The molecule has 0 saturated carbocycles. The van der Waals surface area contributed by atoms with Gasteiger partial charge < -0.3 is 10.3 Å². The Balaban J connectivity index is 1.71. The lowest BCUT2D eigenvalue weighted by atomic mass is 10.2. The first-order valence-electron chi connectivity index (χ1n) is 6.43. The fourth-order valence-corrected chi connectivity index (χ4v) is 2.05. The summed E-state index contributed by atoms with van der Waals surface area (Å²) in [6.07, 6.45) is 3.32. The van der Waals surface area contributed by atoms with Crippen molar-refractivity contribution in [1.82, 2.24) is 4.98 Å². The first kappa shape index (κ1) is 12.2. The molecule has 3 heteroatoms. The van der Waals surface area contributed by atoms with E-state index in [-0.39, 0.29) is 5.91 Å². The molecule has 98 valence electrons. The van der Waals surface area contributed by atoms with Gasteiger partial charge in [0.15, 0.2) is 0 Å². The molecule has 0 bridgehead atoms. The van der Waals surface area contributed by atoms with Crippen LogP contribution in [0.3, 0.4) is 0 Å². The SMILES string of the molecule is O=C(C=Cc1ccccc1)Nc1cc2ccccc2[nH]1. The molecule has 1 heterocycles. The number of aromatic nitrogens is 1. The zero-order chi connectivity index (χ0) is 13.8. The summed E-state index contributed by atoms with van der Waals surface area (Å²) >= 11 is 0. The van der Waals surface area contributed by atoms with Crippen molar-refractivity contribution in [2.24, 2.45) is 0 Å². The fourth-order valence-electron chi connectivity index (χ4n) is 2.05. The Bertz CT molecular complexity index is 724. The summed E-state index contributed by atoms with van der Waals surface area (Å²) in [7, 11) is 0. The second kappa shape index (κ2) is 5.45. The maximum absolute atomic E-state index is 11.8. The Hall–Kier alpha value is -2.81. The van der Waals surface area contributed by atoms with Crippen molar-refractivity contribution in [3.05, 3.63) is 72.3 Å². The lowest BCUT2D eigenvalue weighted by Gasteiger charge is -1.97. The van der Waals surface area contributed by atoms with Crippen LogP contribution < -0.4 is 5.32 Å². The molecule has 2 aromatic carbocycles. The second-order valence-electron chi connectivity index (χ2n) is 4.50. The van der Waals surface area contributed by atoms with Crippen LogP contribution >= 0.6 is 0 Å². The van der Waals surface area contributed by atoms with Crippen LogP contribution in [0, 0.1) is 0 Å². The molecule has 0 radical (unpaired) electrons. The maximum Gasteiger partial charge on any atom is 0.249 e. The number of amides is 1. The van der Waals surface area contributed by atoms with Gasteiger partial charge in [-0.05, 0) is 23.8 Å². The van der Waals surface area contributed by atoms with E-state index in [1.54, 1.807) is 6.08 Å². The van der Waals surface area contributed by atoms with Gasteiger partial charge in [-0.15, -0.1) is 0 Å². The van der Waals surface area contributed by atoms with E-state index in [0.29, 0.717) is 5.82 Å². The van der Waals surface area contributed by atoms with Crippen molar-refractivity contribution in [2.45, 2.75) is 0 Å². The van der Waals surface area contributed by atoms with Gasteiger partial charge in [0.1, 0.15) is 5.82 Å². The summed E-state index contributed by atoms with van der Waals surface area (Å²) < 4.78 is 0. The van der Waals surface area contributed by atoms with Gasteiger partial charge in [-0.1, -0.05) is 48.5 Å². The first-order chi connectivity index (χ1) is 9.81. The number of hydrogen-bond donors (Lipinski definition) is 2.